The maximum atomic E-state index is 12.0. The van der Waals surface area contributed by atoms with E-state index in [9.17, 15) is 8.42 Å². The Bertz CT molecular complexity index is 652. The second-order valence-electron chi connectivity index (χ2n) is 5.27. The third kappa shape index (κ3) is 3.28. The third-order valence-corrected chi connectivity index (χ3v) is 4.71. The molecular weight excluding hydrogens is 292 g/mol. The number of sulfone groups is 1. The fourth-order valence-corrected chi connectivity index (χ4v) is 3.43. The van der Waals surface area contributed by atoms with Crippen LogP contribution in [-0.4, -0.2) is 43.6 Å². The SMILES string of the molecule is CS(=O)(=O)c1c(N2CCC(N)CC2)nn(CCC#N)c1N. The van der Waals surface area contributed by atoms with E-state index >= 15 is 0 Å². The number of aryl methyl sites for hydroxylation is 1. The highest BCUT2D eigenvalue weighted by Gasteiger charge is 2.29. The van der Waals surface area contributed by atoms with E-state index in [0.717, 1.165) is 19.1 Å². The number of anilines is 2. The Hall–Kier alpha value is -1.79. The molecular formula is C12H20N6O2S. The molecule has 1 aromatic heterocycles. The Labute approximate surface area is 124 Å². The van der Waals surface area contributed by atoms with E-state index in [2.05, 4.69) is 5.10 Å². The van der Waals surface area contributed by atoms with Crippen LogP contribution in [0.15, 0.2) is 4.90 Å². The van der Waals surface area contributed by atoms with Crippen molar-refractivity contribution in [3.8, 4) is 6.07 Å². The van der Waals surface area contributed by atoms with Crippen molar-refractivity contribution in [2.45, 2.75) is 36.7 Å². The molecule has 8 nitrogen and oxygen atoms in total. The molecule has 21 heavy (non-hydrogen) atoms. The minimum atomic E-state index is -3.50. The zero-order valence-electron chi connectivity index (χ0n) is 12.0. The molecule has 0 amide bonds. The molecule has 2 heterocycles. The van der Waals surface area contributed by atoms with Gasteiger partial charge in [0, 0.05) is 25.4 Å². The van der Waals surface area contributed by atoms with Crippen LogP contribution in [0, 0.1) is 11.3 Å². The second-order valence-corrected chi connectivity index (χ2v) is 7.22. The van der Waals surface area contributed by atoms with Crippen molar-refractivity contribution in [3.63, 3.8) is 0 Å². The number of nitrogens with two attached hydrogens (primary N) is 2. The first kappa shape index (κ1) is 15.6. The number of aromatic nitrogens is 2. The van der Waals surface area contributed by atoms with Crippen molar-refractivity contribution in [2.24, 2.45) is 5.73 Å². The Morgan fingerprint density at radius 3 is 2.57 bits per heavy atom. The molecule has 1 saturated heterocycles. The lowest BCUT2D eigenvalue weighted by Crippen LogP contribution is -2.40. The van der Waals surface area contributed by atoms with Gasteiger partial charge >= 0.3 is 0 Å². The predicted molar refractivity (Wildman–Crippen MR) is 79.4 cm³/mol. The maximum Gasteiger partial charge on any atom is 0.182 e. The van der Waals surface area contributed by atoms with Crippen LogP contribution in [0.2, 0.25) is 0 Å². The van der Waals surface area contributed by atoms with Crippen molar-refractivity contribution < 1.29 is 8.42 Å². The van der Waals surface area contributed by atoms with Crippen LogP contribution >= 0.6 is 0 Å². The Balaban J connectivity index is 2.41. The molecule has 0 radical (unpaired) electrons. The van der Waals surface area contributed by atoms with Gasteiger partial charge in [-0.25, -0.2) is 13.1 Å². The number of hydrogen-bond donors (Lipinski definition) is 2. The van der Waals surface area contributed by atoms with E-state index in [-0.39, 0.29) is 29.7 Å². The molecule has 0 aliphatic carbocycles. The van der Waals surface area contributed by atoms with Crippen LogP contribution in [0.5, 0.6) is 0 Å². The van der Waals surface area contributed by atoms with Crippen molar-refractivity contribution in [1.82, 2.24) is 9.78 Å². The number of nitrogens with zero attached hydrogens (tertiary/aromatic N) is 4. The molecule has 0 spiro atoms. The summed E-state index contributed by atoms with van der Waals surface area (Å²) in [5, 5.41) is 13.0. The largest absolute Gasteiger partial charge is 0.383 e. The van der Waals surface area contributed by atoms with Gasteiger partial charge in [0.05, 0.1) is 19.0 Å². The first-order chi connectivity index (χ1) is 9.84. The number of nitriles is 1. The van der Waals surface area contributed by atoms with Crippen LogP contribution in [0.4, 0.5) is 11.6 Å². The summed E-state index contributed by atoms with van der Waals surface area (Å²) in [6.45, 7) is 1.58. The van der Waals surface area contributed by atoms with Crippen molar-refractivity contribution >= 4 is 21.5 Å². The predicted octanol–water partition coefficient (Wildman–Crippen LogP) is -0.290. The van der Waals surface area contributed by atoms with Gasteiger partial charge in [0.25, 0.3) is 0 Å². The van der Waals surface area contributed by atoms with Gasteiger partial charge in [0.15, 0.2) is 20.6 Å². The first-order valence-electron chi connectivity index (χ1n) is 6.78. The Morgan fingerprint density at radius 2 is 2.05 bits per heavy atom. The van der Waals surface area contributed by atoms with Crippen LogP contribution in [0.3, 0.4) is 0 Å². The first-order valence-corrected chi connectivity index (χ1v) is 8.67. The molecule has 116 valence electrons. The normalized spacial score (nSPS) is 16.9. The number of rotatable bonds is 4. The van der Waals surface area contributed by atoms with Gasteiger partial charge in [-0.15, -0.1) is 0 Å². The summed E-state index contributed by atoms with van der Waals surface area (Å²) in [5.74, 6) is 0.470. The Morgan fingerprint density at radius 1 is 1.43 bits per heavy atom. The van der Waals surface area contributed by atoms with Crippen molar-refractivity contribution in [1.29, 1.82) is 5.26 Å². The molecule has 4 N–H and O–H groups in total. The van der Waals surface area contributed by atoms with E-state index < -0.39 is 9.84 Å². The van der Waals surface area contributed by atoms with E-state index in [0.29, 0.717) is 18.9 Å². The molecule has 1 aromatic rings. The molecule has 9 heteroatoms. The summed E-state index contributed by atoms with van der Waals surface area (Å²) in [6, 6.07) is 2.14. The smallest absolute Gasteiger partial charge is 0.182 e. The summed E-state index contributed by atoms with van der Waals surface area (Å²) >= 11 is 0. The quantitative estimate of drug-likeness (QED) is 0.781. The topological polar surface area (TPSA) is 131 Å². The lowest BCUT2D eigenvalue weighted by Gasteiger charge is -2.30. The molecule has 0 bridgehead atoms. The second kappa shape index (κ2) is 5.91. The zero-order valence-corrected chi connectivity index (χ0v) is 12.8. The highest BCUT2D eigenvalue weighted by molar-refractivity contribution is 7.91. The molecule has 0 saturated carbocycles. The van der Waals surface area contributed by atoms with E-state index in [1.807, 2.05) is 11.0 Å². The lowest BCUT2D eigenvalue weighted by atomic mass is 10.1. The Kier molecular flexibility index (Phi) is 4.39. The molecule has 1 aliphatic heterocycles. The van der Waals surface area contributed by atoms with E-state index in [4.69, 9.17) is 16.7 Å². The lowest BCUT2D eigenvalue weighted by molar-refractivity contribution is 0.494. The highest BCUT2D eigenvalue weighted by Crippen LogP contribution is 2.31. The zero-order chi connectivity index (χ0) is 15.6. The third-order valence-electron chi connectivity index (χ3n) is 3.57. The minimum absolute atomic E-state index is 0.0518. The fraction of sp³-hybridized carbons (Fsp3) is 0.667. The van der Waals surface area contributed by atoms with Gasteiger partial charge in [0.2, 0.25) is 0 Å². The van der Waals surface area contributed by atoms with Gasteiger partial charge in [-0.3, -0.25) is 0 Å². The average Bonchev–Trinajstić information content (AvgIpc) is 2.74. The fourth-order valence-electron chi connectivity index (χ4n) is 2.45. The maximum absolute atomic E-state index is 12.0. The van der Waals surface area contributed by atoms with Gasteiger partial charge in [-0.05, 0) is 12.8 Å². The molecule has 0 atom stereocenters. The van der Waals surface area contributed by atoms with Gasteiger partial charge in [0.1, 0.15) is 5.82 Å². The van der Waals surface area contributed by atoms with Gasteiger partial charge in [-0.2, -0.15) is 10.4 Å². The van der Waals surface area contributed by atoms with Crippen molar-refractivity contribution in [3.05, 3.63) is 0 Å². The van der Waals surface area contributed by atoms with Crippen LogP contribution in [0.25, 0.3) is 0 Å². The molecule has 0 aromatic carbocycles. The molecule has 1 fully saturated rings. The van der Waals surface area contributed by atoms with E-state index in [1.165, 1.54) is 4.68 Å². The molecule has 1 aliphatic rings. The van der Waals surface area contributed by atoms with Crippen LogP contribution in [-0.2, 0) is 16.4 Å². The standard InChI is InChI=1S/C12H20N6O2S/c1-21(19,20)10-11(15)18(6-2-5-13)16-12(10)17-7-3-9(14)4-8-17/h9H,2-4,6-8,14-15H2,1H3. The summed E-state index contributed by atoms with van der Waals surface area (Å²) in [5.41, 5.74) is 11.8. The molecule has 2 rings (SSSR count). The van der Waals surface area contributed by atoms with Crippen LogP contribution in [0.1, 0.15) is 19.3 Å². The van der Waals surface area contributed by atoms with E-state index in [1.54, 1.807) is 0 Å². The van der Waals surface area contributed by atoms with Crippen LogP contribution < -0.4 is 16.4 Å². The molecule has 0 unspecified atom stereocenters. The summed E-state index contributed by atoms with van der Waals surface area (Å²) < 4.78 is 25.4. The highest BCUT2D eigenvalue weighted by atomic mass is 32.2. The summed E-state index contributed by atoms with van der Waals surface area (Å²) in [7, 11) is -3.50. The summed E-state index contributed by atoms with van der Waals surface area (Å²) in [4.78, 5) is 1.95. The average molecular weight is 312 g/mol. The summed E-state index contributed by atoms with van der Waals surface area (Å²) in [6.07, 6.45) is 2.91. The monoisotopic (exact) mass is 312 g/mol. The van der Waals surface area contributed by atoms with Gasteiger partial charge in [-0.1, -0.05) is 0 Å². The number of nitrogen functional groups attached to an aromatic ring is 1. The van der Waals surface area contributed by atoms with Crippen molar-refractivity contribution in [2.75, 3.05) is 30.0 Å². The van der Waals surface area contributed by atoms with Gasteiger partial charge < -0.3 is 16.4 Å². The number of hydrogen-bond acceptors (Lipinski definition) is 7. The minimum Gasteiger partial charge on any atom is -0.383 e. The number of piperidine rings is 1.